The van der Waals surface area contributed by atoms with Gasteiger partial charge < -0.3 is 10.1 Å². The third-order valence-electron chi connectivity index (χ3n) is 4.52. The van der Waals surface area contributed by atoms with Gasteiger partial charge in [0.05, 0.1) is 6.61 Å². The van der Waals surface area contributed by atoms with Crippen molar-refractivity contribution >= 4 is 11.6 Å². The Morgan fingerprint density at radius 3 is 2.76 bits per heavy atom. The predicted molar refractivity (Wildman–Crippen MR) is 90.0 cm³/mol. The SMILES string of the molecule is COCCNCC(Cc1ccccc1Cl)CC1CCCC1. The minimum atomic E-state index is 0.671. The van der Waals surface area contributed by atoms with Gasteiger partial charge >= 0.3 is 0 Å². The second kappa shape index (κ2) is 9.45. The second-order valence-electron chi connectivity index (χ2n) is 6.24. The van der Waals surface area contributed by atoms with Crippen molar-refractivity contribution in [1.29, 1.82) is 0 Å². The molecule has 0 heterocycles. The molecule has 2 nitrogen and oxygen atoms in total. The Morgan fingerprint density at radius 2 is 2.05 bits per heavy atom. The van der Waals surface area contributed by atoms with E-state index in [-0.39, 0.29) is 0 Å². The molecule has 3 heteroatoms. The van der Waals surface area contributed by atoms with Crippen LogP contribution < -0.4 is 5.32 Å². The zero-order valence-corrected chi connectivity index (χ0v) is 13.9. The number of methoxy groups -OCH3 is 1. The van der Waals surface area contributed by atoms with Crippen LogP contribution in [0.2, 0.25) is 5.02 Å². The Labute approximate surface area is 134 Å². The fourth-order valence-corrected chi connectivity index (χ4v) is 3.62. The van der Waals surface area contributed by atoms with Gasteiger partial charge in [0.15, 0.2) is 0 Å². The van der Waals surface area contributed by atoms with Crippen LogP contribution in [0.5, 0.6) is 0 Å². The van der Waals surface area contributed by atoms with Gasteiger partial charge in [0.25, 0.3) is 0 Å². The molecule has 0 saturated heterocycles. The molecule has 0 aliphatic heterocycles. The molecular formula is C18H28ClNO. The smallest absolute Gasteiger partial charge is 0.0587 e. The number of nitrogens with one attached hydrogen (secondary N) is 1. The largest absolute Gasteiger partial charge is 0.383 e. The summed E-state index contributed by atoms with van der Waals surface area (Å²) >= 11 is 6.33. The molecule has 0 amide bonds. The number of benzene rings is 1. The van der Waals surface area contributed by atoms with Crippen molar-refractivity contribution in [1.82, 2.24) is 5.32 Å². The van der Waals surface area contributed by atoms with Gasteiger partial charge in [0.1, 0.15) is 0 Å². The molecule has 1 aliphatic rings. The van der Waals surface area contributed by atoms with Crippen molar-refractivity contribution in [2.45, 2.75) is 38.5 Å². The van der Waals surface area contributed by atoms with E-state index in [4.69, 9.17) is 16.3 Å². The summed E-state index contributed by atoms with van der Waals surface area (Å²) in [4.78, 5) is 0. The average Bonchev–Trinajstić information content (AvgIpc) is 2.99. The van der Waals surface area contributed by atoms with Crippen LogP contribution in [0, 0.1) is 11.8 Å². The third kappa shape index (κ3) is 5.98. The van der Waals surface area contributed by atoms with E-state index in [1.165, 1.54) is 37.7 Å². The lowest BCUT2D eigenvalue weighted by Gasteiger charge is -2.22. The molecule has 0 aromatic heterocycles. The van der Waals surface area contributed by atoms with Crippen molar-refractivity contribution in [2.24, 2.45) is 11.8 Å². The number of halogens is 1. The van der Waals surface area contributed by atoms with Crippen LogP contribution >= 0.6 is 11.6 Å². The first-order chi connectivity index (χ1) is 10.3. The summed E-state index contributed by atoms with van der Waals surface area (Å²) in [6.45, 7) is 2.77. The summed E-state index contributed by atoms with van der Waals surface area (Å²) in [5, 5.41) is 4.44. The van der Waals surface area contributed by atoms with Crippen molar-refractivity contribution in [3.63, 3.8) is 0 Å². The molecule has 21 heavy (non-hydrogen) atoms. The summed E-state index contributed by atoms with van der Waals surface area (Å²) in [6.07, 6.45) is 8.07. The van der Waals surface area contributed by atoms with E-state index in [0.29, 0.717) is 5.92 Å². The highest BCUT2D eigenvalue weighted by Crippen LogP contribution is 2.32. The van der Waals surface area contributed by atoms with Crippen molar-refractivity contribution in [3.05, 3.63) is 34.9 Å². The minimum absolute atomic E-state index is 0.671. The highest BCUT2D eigenvalue weighted by atomic mass is 35.5. The first kappa shape index (κ1) is 16.8. The van der Waals surface area contributed by atoms with Crippen LogP contribution in [-0.4, -0.2) is 26.8 Å². The summed E-state index contributed by atoms with van der Waals surface area (Å²) < 4.78 is 5.11. The summed E-state index contributed by atoms with van der Waals surface area (Å²) in [6, 6.07) is 8.27. The molecule has 1 aromatic carbocycles. The number of hydrogen-bond donors (Lipinski definition) is 1. The molecule has 118 valence electrons. The monoisotopic (exact) mass is 309 g/mol. The zero-order valence-electron chi connectivity index (χ0n) is 13.1. The Hall–Kier alpha value is -0.570. The number of ether oxygens (including phenoxy) is 1. The maximum absolute atomic E-state index is 6.33. The third-order valence-corrected chi connectivity index (χ3v) is 4.89. The highest BCUT2D eigenvalue weighted by molar-refractivity contribution is 6.31. The van der Waals surface area contributed by atoms with Crippen LogP contribution in [0.1, 0.15) is 37.7 Å². The molecule has 2 rings (SSSR count). The molecule has 1 N–H and O–H groups in total. The van der Waals surface area contributed by atoms with Crippen LogP contribution in [0.4, 0.5) is 0 Å². The van der Waals surface area contributed by atoms with E-state index < -0.39 is 0 Å². The number of rotatable bonds is 9. The van der Waals surface area contributed by atoms with Gasteiger partial charge in [0, 0.05) is 18.7 Å². The molecule has 1 unspecified atom stereocenters. The fraction of sp³-hybridized carbons (Fsp3) is 0.667. The Morgan fingerprint density at radius 1 is 1.29 bits per heavy atom. The lowest BCUT2D eigenvalue weighted by Crippen LogP contribution is -2.28. The molecule has 1 atom stereocenters. The van der Waals surface area contributed by atoms with Gasteiger partial charge in [0.2, 0.25) is 0 Å². The van der Waals surface area contributed by atoms with Gasteiger partial charge in [-0.2, -0.15) is 0 Å². The normalized spacial score (nSPS) is 17.2. The van der Waals surface area contributed by atoms with Crippen LogP contribution in [-0.2, 0) is 11.2 Å². The van der Waals surface area contributed by atoms with Gasteiger partial charge in [-0.25, -0.2) is 0 Å². The lowest BCUT2D eigenvalue weighted by molar-refractivity contribution is 0.196. The first-order valence-corrected chi connectivity index (χ1v) is 8.60. The van der Waals surface area contributed by atoms with E-state index in [2.05, 4.69) is 17.4 Å². The lowest BCUT2D eigenvalue weighted by atomic mass is 9.88. The molecule has 0 radical (unpaired) electrons. The second-order valence-corrected chi connectivity index (χ2v) is 6.65. The first-order valence-electron chi connectivity index (χ1n) is 8.22. The summed E-state index contributed by atoms with van der Waals surface area (Å²) in [5.74, 6) is 1.59. The van der Waals surface area contributed by atoms with Crippen molar-refractivity contribution in [3.8, 4) is 0 Å². The van der Waals surface area contributed by atoms with Crippen LogP contribution in [0.3, 0.4) is 0 Å². The van der Waals surface area contributed by atoms with Gasteiger partial charge in [-0.1, -0.05) is 55.5 Å². The predicted octanol–water partition coefficient (Wildman–Crippen LogP) is 4.32. The topological polar surface area (TPSA) is 21.3 Å². The van der Waals surface area contributed by atoms with Crippen molar-refractivity contribution < 1.29 is 4.74 Å². The van der Waals surface area contributed by atoms with Gasteiger partial charge in [-0.15, -0.1) is 0 Å². The van der Waals surface area contributed by atoms with E-state index in [0.717, 1.165) is 37.1 Å². The molecular weight excluding hydrogens is 282 g/mol. The standard InChI is InChI=1S/C18H28ClNO/c1-21-11-10-20-14-16(12-15-6-2-3-7-15)13-17-8-4-5-9-18(17)19/h4-5,8-9,15-16,20H,2-3,6-7,10-14H2,1H3. The van der Waals surface area contributed by atoms with Crippen LogP contribution in [0.25, 0.3) is 0 Å². The van der Waals surface area contributed by atoms with Gasteiger partial charge in [-0.3, -0.25) is 0 Å². The molecule has 0 bridgehead atoms. The Balaban J connectivity index is 1.88. The number of hydrogen-bond acceptors (Lipinski definition) is 2. The maximum atomic E-state index is 6.33. The average molecular weight is 310 g/mol. The molecule has 1 fully saturated rings. The van der Waals surface area contributed by atoms with Crippen molar-refractivity contribution in [2.75, 3.05) is 26.8 Å². The van der Waals surface area contributed by atoms with E-state index >= 15 is 0 Å². The van der Waals surface area contributed by atoms with E-state index in [1.54, 1.807) is 7.11 Å². The molecule has 1 aromatic rings. The minimum Gasteiger partial charge on any atom is -0.383 e. The quantitative estimate of drug-likeness (QED) is 0.686. The molecule has 1 aliphatic carbocycles. The van der Waals surface area contributed by atoms with Crippen LogP contribution in [0.15, 0.2) is 24.3 Å². The summed E-state index contributed by atoms with van der Waals surface area (Å²) in [5.41, 5.74) is 1.29. The maximum Gasteiger partial charge on any atom is 0.0587 e. The Kier molecular flexibility index (Phi) is 7.56. The van der Waals surface area contributed by atoms with E-state index in [1.807, 2.05) is 12.1 Å². The van der Waals surface area contributed by atoms with E-state index in [9.17, 15) is 0 Å². The molecule has 1 saturated carbocycles. The zero-order chi connectivity index (χ0) is 14.9. The molecule has 0 spiro atoms. The highest BCUT2D eigenvalue weighted by Gasteiger charge is 2.20. The van der Waals surface area contributed by atoms with Gasteiger partial charge in [-0.05, 0) is 42.9 Å². The Bertz CT molecular complexity index is 404. The fourth-order valence-electron chi connectivity index (χ4n) is 3.41. The summed E-state index contributed by atoms with van der Waals surface area (Å²) in [7, 11) is 1.75.